The van der Waals surface area contributed by atoms with Crippen LogP contribution in [0.15, 0.2) is 12.5 Å². The summed E-state index contributed by atoms with van der Waals surface area (Å²) in [7, 11) is 0. The number of hydrogen-bond donors (Lipinski definition) is 8. The third kappa shape index (κ3) is 9.70. The first kappa shape index (κ1) is 29.5. The smallest absolute Gasteiger partial charge is 0.326 e. The summed E-state index contributed by atoms with van der Waals surface area (Å²) in [6.07, 6.45) is 1.58. The number of carboxylic acid groups (broad SMARTS) is 1. The van der Waals surface area contributed by atoms with E-state index in [9.17, 15) is 34.2 Å². The Bertz CT molecular complexity index is 875. The number of primary amides is 1. The Labute approximate surface area is 202 Å². The summed E-state index contributed by atoms with van der Waals surface area (Å²) in [5, 5.41) is 26.3. The number of H-pyrrole nitrogens is 1. The topological polar surface area (TPSA) is 243 Å². The van der Waals surface area contributed by atoms with Crippen LogP contribution in [-0.4, -0.2) is 80.1 Å². The number of imidazole rings is 1. The number of aromatic nitrogens is 2. The minimum Gasteiger partial charge on any atom is -0.480 e. The van der Waals surface area contributed by atoms with E-state index in [-0.39, 0.29) is 25.2 Å². The Morgan fingerprint density at radius 1 is 1.06 bits per heavy atom. The Hall–Kier alpha value is -3.52. The predicted octanol–water partition coefficient (Wildman–Crippen LogP) is -2.49. The maximum absolute atomic E-state index is 13.0. The zero-order chi connectivity index (χ0) is 26.7. The lowest BCUT2D eigenvalue weighted by Crippen LogP contribution is -2.59. The molecule has 14 heteroatoms. The Balaban J connectivity index is 3.12. The second-order valence-electron chi connectivity index (χ2n) is 8.38. The predicted molar refractivity (Wildman–Crippen MR) is 123 cm³/mol. The number of aliphatic hydroxyl groups excluding tert-OH is 1. The first-order valence-corrected chi connectivity index (χ1v) is 11.2. The number of amides is 4. The van der Waals surface area contributed by atoms with Gasteiger partial charge in [-0.1, -0.05) is 20.3 Å². The Morgan fingerprint density at radius 2 is 1.66 bits per heavy atom. The highest BCUT2D eigenvalue weighted by molar-refractivity contribution is 5.94. The minimum absolute atomic E-state index is 0.0614. The first-order chi connectivity index (χ1) is 16.4. The van der Waals surface area contributed by atoms with Crippen molar-refractivity contribution in [3.63, 3.8) is 0 Å². The zero-order valence-electron chi connectivity index (χ0n) is 20.0. The molecular formula is C21H35N7O7. The van der Waals surface area contributed by atoms with Gasteiger partial charge in [0.2, 0.25) is 23.6 Å². The van der Waals surface area contributed by atoms with Crippen molar-refractivity contribution in [2.24, 2.45) is 17.4 Å². The van der Waals surface area contributed by atoms with Gasteiger partial charge in [-0.05, 0) is 19.3 Å². The van der Waals surface area contributed by atoms with Gasteiger partial charge in [0, 0.05) is 24.7 Å². The molecule has 0 aliphatic carbocycles. The van der Waals surface area contributed by atoms with Crippen LogP contribution in [0.1, 0.15) is 45.7 Å². The molecule has 4 amide bonds. The summed E-state index contributed by atoms with van der Waals surface area (Å²) in [5.41, 5.74) is 11.3. The van der Waals surface area contributed by atoms with Gasteiger partial charge in [0.15, 0.2) is 0 Å². The molecule has 14 nitrogen and oxygen atoms in total. The number of aromatic amines is 1. The van der Waals surface area contributed by atoms with Gasteiger partial charge in [-0.3, -0.25) is 19.2 Å². The number of hydrogen-bond acceptors (Lipinski definition) is 8. The number of aliphatic hydroxyl groups is 1. The Morgan fingerprint density at radius 3 is 2.14 bits per heavy atom. The van der Waals surface area contributed by atoms with E-state index < -0.39 is 59.9 Å². The van der Waals surface area contributed by atoms with Crippen molar-refractivity contribution in [2.75, 3.05) is 0 Å². The van der Waals surface area contributed by atoms with Crippen molar-refractivity contribution >= 4 is 29.6 Å². The van der Waals surface area contributed by atoms with Gasteiger partial charge in [-0.25, -0.2) is 9.78 Å². The second-order valence-corrected chi connectivity index (χ2v) is 8.38. The average molecular weight is 498 g/mol. The van der Waals surface area contributed by atoms with Gasteiger partial charge in [0.05, 0.1) is 12.4 Å². The number of nitrogens with zero attached hydrogens (tertiary/aromatic N) is 1. The summed E-state index contributed by atoms with van der Waals surface area (Å²) in [6.45, 7) is 4.74. The van der Waals surface area contributed by atoms with Gasteiger partial charge in [-0.2, -0.15) is 0 Å². The SMILES string of the molecule is CCC(C)C(NC(=O)C(Cc1cnc[nH]1)NC(=O)C(CCC(N)=O)NC(=O)C(N)C(C)O)C(=O)O. The van der Waals surface area contributed by atoms with Gasteiger partial charge in [-0.15, -0.1) is 0 Å². The van der Waals surface area contributed by atoms with Gasteiger partial charge in [0.25, 0.3) is 0 Å². The molecule has 0 saturated carbocycles. The van der Waals surface area contributed by atoms with E-state index >= 15 is 0 Å². The molecule has 6 unspecified atom stereocenters. The number of carboxylic acids is 1. The molecule has 196 valence electrons. The quantitative estimate of drug-likeness (QED) is 0.128. The van der Waals surface area contributed by atoms with Crippen LogP contribution in [0.4, 0.5) is 0 Å². The molecule has 0 bridgehead atoms. The number of carbonyl (C=O) groups excluding carboxylic acids is 4. The molecule has 0 spiro atoms. The molecule has 1 heterocycles. The van der Waals surface area contributed by atoms with Crippen LogP contribution < -0.4 is 27.4 Å². The molecule has 6 atom stereocenters. The molecule has 1 aromatic heterocycles. The average Bonchev–Trinajstić information content (AvgIpc) is 3.30. The Kier molecular flexibility index (Phi) is 11.8. The van der Waals surface area contributed by atoms with Gasteiger partial charge < -0.3 is 42.6 Å². The van der Waals surface area contributed by atoms with Crippen molar-refractivity contribution in [3.8, 4) is 0 Å². The van der Waals surface area contributed by atoms with E-state index in [4.69, 9.17) is 11.5 Å². The molecule has 0 aliphatic heterocycles. The van der Waals surface area contributed by atoms with E-state index in [0.29, 0.717) is 12.1 Å². The monoisotopic (exact) mass is 497 g/mol. The third-order valence-electron chi connectivity index (χ3n) is 5.52. The fourth-order valence-electron chi connectivity index (χ4n) is 3.08. The lowest BCUT2D eigenvalue weighted by Gasteiger charge is -2.26. The number of aliphatic carboxylic acids is 1. The highest BCUT2D eigenvalue weighted by atomic mass is 16.4. The van der Waals surface area contributed by atoms with Gasteiger partial charge in [0.1, 0.15) is 24.2 Å². The van der Waals surface area contributed by atoms with Crippen LogP contribution in [0, 0.1) is 5.92 Å². The van der Waals surface area contributed by atoms with Crippen molar-refractivity contribution in [2.45, 2.75) is 76.7 Å². The second kappa shape index (κ2) is 14.0. The summed E-state index contributed by atoms with van der Waals surface area (Å²) >= 11 is 0. The maximum atomic E-state index is 13.0. The minimum atomic E-state index is -1.34. The molecule has 1 aromatic rings. The van der Waals surface area contributed by atoms with Crippen molar-refractivity contribution < 1.29 is 34.2 Å². The van der Waals surface area contributed by atoms with Crippen molar-refractivity contribution in [3.05, 3.63) is 18.2 Å². The third-order valence-corrected chi connectivity index (χ3v) is 5.52. The first-order valence-electron chi connectivity index (χ1n) is 11.2. The molecule has 35 heavy (non-hydrogen) atoms. The highest BCUT2D eigenvalue weighted by Gasteiger charge is 2.32. The van der Waals surface area contributed by atoms with Crippen LogP contribution in [-0.2, 0) is 30.4 Å². The van der Waals surface area contributed by atoms with E-state index in [1.807, 2.05) is 0 Å². The summed E-state index contributed by atoms with van der Waals surface area (Å²) < 4.78 is 0. The van der Waals surface area contributed by atoms with E-state index in [1.165, 1.54) is 19.4 Å². The van der Waals surface area contributed by atoms with Gasteiger partial charge >= 0.3 is 5.97 Å². The summed E-state index contributed by atoms with van der Waals surface area (Å²) in [5.74, 6) is -4.76. The highest BCUT2D eigenvalue weighted by Crippen LogP contribution is 2.10. The zero-order valence-corrected chi connectivity index (χ0v) is 20.0. The lowest BCUT2D eigenvalue weighted by atomic mass is 9.98. The molecule has 1 rings (SSSR count). The molecule has 10 N–H and O–H groups in total. The standard InChI is InChI=1S/C21H35N7O7/c1-4-10(2)17(21(34)35)28-19(32)14(7-12-8-24-9-25-12)27-18(31)13(5-6-15(22)30)26-20(33)16(23)11(3)29/h8-11,13-14,16-17,29H,4-7,23H2,1-3H3,(H2,22,30)(H,24,25)(H,26,33)(H,27,31)(H,28,32)(H,34,35). The summed E-state index contributed by atoms with van der Waals surface area (Å²) in [6, 6.07) is -5.08. The molecular weight excluding hydrogens is 462 g/mol. The van der Waals surface area contributed by atoms with E-state index in [2.05, 4.69) is 25.9 Å². The molecule has 0 fully saturated rings. The largest absolute Gasteiger partial charge is 0.480 e. The summed E-state index contributed by atoms with van der Waals surface area (Å²) in [4.78, 5) is 67.9. The molecule has 0 radical (unpaired) electrons. The fraction of sp³-hybridized carbons (Fsp3) is 0.619. The van der Waals surface area contributed by atoms with E-state index in [0.717, 1.165) is 0 Å². The normalized spacial score (nSPS) is 16.1. The van der Waals surface area contributed by atoms with Crippen LogP contribution in [0.3, 0.4) is 0 Å². The number of nitrogens with one attached hydrogen (secondary N) is 4. The molecule has 0 aliphatic rings. The fourth-order valence-corrected chi connectivity index (χ4v) is 3.08. The molecule has 0 aromatic carbocycles. The molecule has 0 saturated heterocycles. The van der Waals surface area contributed by atoms with Crippen LogP contribution in [0.5, 0.6) is 0 Å². The van der Waals surface area contributed by atoms with Crippen molar-refractivity contribution in [1.82, 2.24) is 25.9 Å². The van der Waals surface area contributed by atoms with Crippen LogP contribution in [0.25, 0.3) is 0 Å². The van der Waals surface area contributed by atoms with Crippen LogP contribution in [0.2, 0.25) is 0 Å². The maximum Gasteiger partial charge on any atom is 0.326 e. The van der Waals surface area contributed by atoms with E-state index in [1.54, 1.807) is 13.8 Å². The number of nitrogens with two attached hydrogens (primary N) is 2. The number of carbonyl (C=O) groups is 5. The van der Waals surface area contributed by atoms with Crippen LogP contribution >= 0.6 is 0 Å². The number of rotatable bonds is 15. The lowest BCUT2D eigenvalue weighted by molar-refractivity contribution is -0.143. The van der Waals surface area contributed by atoms with Crippen molar-refractivity contribution in [1.29, 1.82) is 0 Å².